The van der Waals surface area contributed by atoms with Gasteiger partial charge in [-0.25, -0.2) is 0 Å². The number of halogens is 1. The zero-order valence-electron chi connectivity index (χ0n) is 13.0. The third-order valence-corrected chi connectivity index (χ3v) is 5.35. The van der Waals surface area contributed by atoms with Gasteiger partial charge in [-0.1, -0.05) is 23.7 Å². The summed E-state index contributed by atoms with van der Waals surface area (Å²) in [5.41, 5.74) is 1.21. The largest absolute Gasteiger partial charge is 0.318 e. The van der Waals surface area contributed by atoms with Crippen LogP contribution in [0.2, 0.25) is 5.02 Å². The van der Waals surface area contributed by atoms with Crippen LogP contribution in [0.3, 0.4) is 0 Å². The number of amides is 1. The van der Waals surface area contributed by atoms with E-state index in [1.54, 1.807) is 31.2 Å². The molecule has 0 aliphatic heterocycles. The Bertz CT molecular complexity index is 1030. The number of aryl methyl sites for hydroxylation is 1. The number of nitrogens with one attached hydrogen (secondary N) is 1. The van der Waals surface area contributed by atoms with Crippen molar-refractivity contribution in [3.05, 3.63) is 71.3 Å². The Morgan fingerprint density at radius 2 is 2.04 bits per heavy atom. The third kappa shape index (κ3) is 3.54. The molecule has 2 heterocycles. The molecule has 2 aromatic heterocycles. The zero-order chi connectivity index (χ0) is 18.0. The minimum Gasteiger partial charge on any atom is -0.318 e. The molecule has 3 rings (SSSR count). The molecule has 1 aromatic carbocycles. The molecule has 25 heavy (non-hydrogen) atoms. The summed E-state index contributed by atoms with van der Waals surface area (Å²) in [5.74, 6) is -0.462. The Morgan fingerprint density at radius 3 is 2.72 bits per heavy atom. The first-order chi connectivity index (χ1) is 11.9. The van der Waals surface area contributed by atoms with E-state index < -0.39 is 15.9 Å². The van der Waals surface area contributed by atoms with E-state index in [2.05, 4.69) is 15.4 Å². The van der Waals surface area contributed by atoms with Crippen molar-refractivity contribution in [3.8, 4) is 0 Å². The summed E-state index contributed by atoms with van der Waals surface area (Å²) >= 11 is 5.99. The van der Waals surface area contributed by atoms with Gasteiger partial charge < -0.3 is 5.32 Å². The van der Waals surface area contributed by atoms with Crippen molar-refractivity contribution >= 4 is 33.2 Å². The summed E-state index contributed by atoms with van der Waals surface area (Å²) in [5, 5.41) is 6.71. The van der Waals surface area contributed by atoms with Crippen LogP contribution in [0.25, 0.3) is 0 Å². The standard InChI is InChI=1S/C16H13ClN4O3S/c1-11-5-6-13(8-14(11)17)25(23,24)21-10-12(9-19-21)20-16(22)15-4-2-3-7-18-15/h2-10H,1H3,(H,20,22). The van der Waals surface area contributed by atoms with Crippen molar-refractivity contribution < 1.29 is 13.2 Å². The lowest BCUT2D eigenvalue weighted by atomic mass is 10.2. The number of carbonyl (C=O) groups is 1. The van der Waals surface area contributed by atoms with E-state index in [1.807, 2.05) is 0 Å². The number of anilines is 1. The molecule has 0 saturated heterocycles. The number of benzene rings is 1. The lowest BCUT2D eigenvalue weighted by Gasteiger charge is -2.06. The topological polar surface area (TPSA) is 94.0 Å². The maximum absolute atomic E-state index is 12.6. The van der Waals surface area contributed by atoms with Crippen LogP contribution in [-0.2, 0) is 10.0 Å². The Labute approximate surface area is 149 Å². The predicted molar refractivity (Wildman–Crippen MR) is 93.2 cm³/mol. The second kappa shape index (κ2) is 6.66. The summed E-state index contributed by atoms with van der Waals surface area (Å²) in [7, 11) is -3.90. The highest BCUT2D eigenvalue weighted by Gasteiger charge is 2.19. The monoisotopic (exact) mass is 376 g/mol. The van der Waals surface area contributed by atoms with Crippen LogP contribution in [0.15, 0.2) is 59.9 Å². The van der Waals surface area contributed by atoms with Gasteiger partial charge in [0, 0.05) is 11.2 Å². The Hall–Kier alpha value is -2.71. The molecule has 1 amide bonds. The van der Waals surface area contributed by atoms with Crippen LogP contribution >= 0.6 is 11.6 Å². The van der Waals surface area contributed by atoms with E-state index >= 15 is 0 Å². The number of carbonyl (C=O) groups excluding carboxylic acids is 1. The van der Waals surface area contributed by atoms with Crippen molar-refractivity contribution in [1.29, 1.82) is 0 Å². The quantitative estimate of drug-likeness (QED) is 0.755. The highest BCUT2D eigenvalue weighted by atomic mass is 35.5. The van der Waals surface area contributed by atoms with E-state index in [0.717, 1.165) is 9.65 Å². The van der Waals surface area contributed by atoms with Gasteiger partial charge in [0.05, 0.1) is 23.0 Å². The molecule has 128 valence electrons. The van der Waals surface area contributed by atoms with Gasteiger partial charge in [-0.3, -0.25) is 9.78 Å². The Kier molecular flexibility index (Phi) is 4.56. The molecule has 7 nitrogen and oxygen atoms in total. The van der Waals surface area contributed by atoms with Crippen molar-refractivity contribution in [1.82, 2.24) is 14.2 Å². The molecule has 0 aliphatic rings. The van der Waals surface area contributed by atoms with E-state index in [-0.39, 0.29) is 16.3 Å². The molecule has 0 fully saturated rings. The van der Waals surface area contributed by atoms with Crippen LogP contribution in [-0.4, -0.2) is 28.5 Å². The fourth-order valence-corrected chi connectivity index (χ4v) is 3.43. The van der Waals surface area contributed by atoms with Gasteiger partial charge >= 0.3 is 0 Å². The van der Waals surface area contributed by atoms with Gasteiger partial charge in [0.15, 0.2) is 0 Å². The first-order valence-electron chi connectivity index (χ1n) is 7.17. The first-order valence-corrected chi connectivity index (χ1v) is 8.98. The van der Waals surface area contributed by atoms with Crippen LogP contribution in [0.1, 0.15) is 16.1 Å². The van der Waals surface area contributed by atoms with Crippen LogP contribution in [0.4, 0.5) is 5.69 Å². The molecule has 9 heteroatoms. The maximum atomic E-state index is 12.6. The molecule has 3 aromatic rings. The summed E-state index contributed by atoms with van der Waals surface area (Å²) in [6, 6.07) is 9.34. The van der Waals surface area contributed by atoms with Crippen LogP contribution in [0.5, 0.6) is 0 Å². The van der Waals surface area contributed by atoms with Crippen molar-refractivity contribution in [2.45, 2.75) is 11.8 Å². The van der Waals surface area contributed by atoms with Gasteiger partial charge in [-0.15, -0.1) is 0 Å². The second-order valence-corrected chi connectivity index (χ2v) is 7.39. The van der Waals surface area contributed by atoms with Crippen LogP contribution < -0.4 is 5.32 Å². The Morgan fingerprint density at radius 1 is 1.24 bits per heavy atom. The van der Waals surface area contributed by atoms with Gasteiger partial charge in [0.2, 0.25) is 0 Å². The predicted octanol–water partition coefficient (Wildman–Crippen LogP) is 2.73. The molecular weight excluding hydrogens is 364 g/mol. The molecule has 0 atom stereocenters. The lowest BCUT2D eigenvalue weighted by molar-refractivity contribution is 0.102. The third-order valence-electron chi connectivity index (χ3n) is 3.40. The smallest absolute Gasteiger partial charge is 0.283 e. The SMILES string of the molecule is Cc1ccc(S(=O)(=O)n2cc(NC(=O)c3ccccn3)cn2)cc1Cl. The molecule has 1 N–H and O–H groups in total. The van der Waals surface area contributed by atoms with E-state index in [1.165, 1.54) is 30.7 Å². The van der Waals surface area contributed by atoms with E-state index in [4.69, 9.17) is 11.6 Å². The highest BCUT2D eigenvalue weighted by molar-refractivity contribution is 7.89. The summed E-state index contributed by atoms with van der Waals surface area (Å²) in [6.07, 6.45) is 3.95. The van der Waals surface area contributed by atoms with Crippen LogP contribution in [0, 0.1) is 6.92 Å². The zero-order valence-corrected chi connectivity index (χ0v) is 14.6. The van der Waals surface area contributed by atoms with Crippen molar-refractivity contribution in [2.24, 2.45) is 0 Å². The van der Waals surface area contributed by atoms with Gasteiger partial charge in [-0.05, 0) is 36.8 Å². The summed E-state index contributed by atoms with van der Waals surface area (Å²) in [4.78, 5) is 16.0. The van der Waals surface area contributed by atoms with Crippen molar-refractivity contribution in [2.75, 3.05) is 5.32 Å². The molecular formula is C16H13ClN4O3S. The maximum Gasteiger partial charge on any atom is 0.283 e. The minimum absolute atomic E-state index is 0.00815. The number of nitrogens with zero attached hydrogens (tertiary/aromatic N) is 3. The number of aromatic nitrogens is 3. The molecule has 0 saturated carbocycles. The first kappa shape index (κ1) is 17.1. The van der Waals surface area contributed by atoms with E-state index in [9.17, 15) is 13.2 Å². The number of rotatable bonds is 4. The van der Waals surface area contributed by atoms with Gasteiger partial charge in [-0.2, -0.15) is 17.6 Å². The van der Waals surface area contributed by atoms with Gasteiger partial charge in [0.25, 0.3) is 15.9 Å². The molecule has 0 unspecified atom stereocenters. The second-order valence-electron chi connectivity index (χ2n) is 5.19. The summed E-state index contributed by atoms with van der Waals surface area (Å²) < 4.78 is 25.9. The molecule has 0 bridgehead atoms. The normalized spacial score (nSPS) is 11.3. The van der Waals surface area contributed by atoms with Crippen molar-refractivity contribution in [3.63, 3.8) is 0 Å². The molecule has 0 spiro atoms. The fourth-order valence-electron chi connectivity index (χ4n) is 2.03. The molecule has 0 aliphatic carbocycles. The number of hydrogen-bond acceptors (Lipinski definition) is 5. The lowest BCUT2D eigenvalue weighted by Crippen LogP contribution is -2.14. The fraction of sp³-hybridized carbons (Fsp3) is 0.0625. The average molecular weight is 377 g/mol. The Balaban J connectivity index is 1.85. The molecule has 0 radical (unpaired) electrons. The van der Waals surface area contributed by atoms with Gasteiger partial charge in [0.1, 0.15) is 5.69 Å². The number of pyridine rings is 1. The number of hydrogen-bond donors (Lipinski definition) is 1. The minimum atomic E-state index is -3.90. The highest BCUT2D eigenvalue weighted by Crippen LogP contribution is 2.22. The summed E-state index contributed by atoms with van der Waals surface area (Å²) in [6.45, 7) is 1.78. The average Bonchev–Trinajstić information content (AvgIpc) is 3.07. The van der Waals surface area contributed by atoms with E-state index in [0.29, 0.717) is 5.02 Å².